The molecule has 0 radical (unpaired) electrons. The van der Waals surface area contributed by atoms with Crippen LogP contribution < -0.4 is 4.74 Å². The number of carbonyl (C=O) groups excluding carboxylic acids is 1. The van der Waals surface area contributed by atoms with Crippen LogP contribution in [-0.4, -0.2) is 37.4 Å². The van der Waals surface area contributed by atoms with Gasteiger partial charge >= 0.3 is 0 Å². The van der Waals surface area contributed by atoms with E-state index in [1.54, 1.807) is 7.11 Å². The molecule has 1 aliphatic rings. The Morgan fingerprint density at radius 3 is 2.33 bits per heavy atom. The van der Waals surface area contributed by atoms with E-state index in [2.05, 4.69) is 35.2 Å². The Labute approximate surface area is 169 Å². The lowest BCUT2D eigenvalue weighted by atomic mass is 9.89. The first-order valence-corrected chi connectivity index (χ1v) is 9.66. The van der Waals surface area contributed by atoms with Crippen LogP contribution in [-0.2, 0) is 11.2 Å². The van der Waals surface area contributed by atoms with Crippen LogP contribution in [0.2, 0.25) is 0 Å². The molecule has 0 aliphatic carbocycles. The average Bonchev–Trinajstić information content (AvgIpc) is 2.70. The van der Waals surface area contributed by atoms with Crippen LogP contribution in [0.4, 0.5) is 0 Å². The second kappa shape index (κ2) is 11.1. The largest absolute Gasteiger partial charge is 0.497 e. The minimum Gasteiger partial charge on any atom is -0.497 e. The third kappa shape index (κ3) is 6.67. The van der Waals surface area contributed by atoms with E-state index in [-0.39, 0.29) is 12.4 Å². The van der Waals surface area contributed by atoms with Crippen molar-refractivity contribution >= 4 is 18.2 Å². The first-order chi connectivity index (χ1) is 12.7. The number of hydrogen-bond donors (Lipinski definition) is 0. The van der Waals surface area contributed by atoms with E-state index < -0.39 is 0 Å². The number of methoxy groups -OCH3 is 1. The lowest BCUT2D eigenvalue weighted by molar-refractivity contribution is -0.118. The zero-order valence-electron chi connectivity index (χ0n) is 16.1. The molecule has 0 atom stereocenters. The summed E-state index contributed by atoms with van der Waals surface area (Å²) in [5, 5.41) is 0. The number of halogens is 1. The van der Waals surface area contributed by atoms with Crippen LogP contribution in [0.3, 0.4) is 0 Å². The van der Waals surface area contributed by atoms with Crippen LogP contribution >= 0.6 is 12.4 Å². The van der Waals surface area contributed by atoms with Gasteiger partial charge in [-0.2, -0.15) is 0 Å². The normalized spacial score (nSPS) is 15.1. The van der Waals surface area contributed by atoms with Crippen molar-refractivity contribution in [1.82, 2.24) is 4.90 Å². The van der Waals surface area contributed by atoms with Crippen molar-refractivity contribution in [3.05, 3.63) is 65.7 Å². The Morgan fingerprint density at radius 2 is 1.70 bits per heavy atom. The number of ether oxygens (including phenoxy) is 1. The summed E-state index contributed by atoms with van der Waals surface area (Å²) in [5.74, 6) is 1.86. The van der Waals surface area contributed by atoms with Crippen molar-refractivity contribution in [3.63, 3.8) is 0 Å². The maximum Gasteiger partial charge on any atom is 0.137 e. The van der Waals surface area contributed by atoms with Gasteiger partial charge in [-0.15, -0.1) is 12.4 Å². The van der Waals surface area contributed by atoms with Gasteiger partial charge in [0.1, 0.15) is 11.5 Å². The molecule has 3 rings (SSSR count). The molecule has 3 nitrogen and oxygen atoms in total. The highest BCUT2D eigenvalue weighted by Gasteiger charge is 2.20. The van der Waals surface area contributed by atoms with Gasteiger partial charge in [0, 0.05) is 12.8 Å². The number of hydrogen-bond acceptors (Lipinski definition) is 3. The molecule has 0 spiro atoms. The molecule has 0 aromatic heterocycles. The summed E-state index contributed by atoms with van der Waals surface area (Å²) in [6.45, 7) is 3.33. The predicted octanol–water partition coefficient (Wildman–Crippen LogP) is 4.89. The van der Waals surface area contributed by atoms with Gasteiger partial charge in [0.25, 0.3) is 0 Å². The number of Topliss-reactive ketones (excluding diaryl/α,β-unsaturated/α-hetero) is 1. The van der Waals surface area contributed by atoms with Crippen molar-refractivity contribution in [2.24, 2.45) is 0 Å². The standard InChI is InChI=1S/C23H29NO2.ClH/c1-26-23-11-9-19(10-12-23)18-22(25)8-5-15-24-16-13-21(14-17-24)20-6-3-2-4-7-20;/h2-4,6-7,9-12,21H,5,8,13-18H2,1H3;1H. The number of rotatable bonds is 8. The van der Waals surface area contributed by atoms with Gasteiger partial charge in [0.05, 0.1) is 7.11 Å². The van der Waals surface area contributed by atoms with E-state index in [4.69, 9.17) is 4.74 Å². The predicted molar refractivity (Wildman–Crippen MR) is 113 cm³/mol. The molecule has 1 heterocycles. The molecule has 146 valence electrons. The van der Waals surface area contributed by atoms with E-state index in [9.17, 15) is 4.79 Å². The third-order valence-corrected chi connectivity index (χ3v) is 5.35. The number of ketones is 1. The summed E-state index contributed by atoms with van der Waals surface area (Å²) >= 11 is 0. The SMILES string of the molecule is COc1ccc(CC(=O)CCCN2CCC(c3ccccc3)CC2)cc1.Cl. The van der Waals surface area contributed by atoms with E-state index in [1.165, 1.54) is 18.4 Å². The van der Waals surface area contributed by atoms with Crippen LogP contribution in [0.25, 0.3) is 0 Å². The first-order valence-electron chi connectivity index (χ1n) is 9.66. The number of likely N-dealkylation sites (tertiary alicyclic amines) is 1. The zero-order chi connectivity index (χ0) is 18.2. The van der Waals surface area contributed by atoms with Crippen molar-refractivity contribution in [2.45, 2.75) is 38.0 Å². The highest BCUT2D eigenvalue weighted by Crippen LogP contribution is 2.27. The van der Waals surface area contributed by atoms with Crippen LogP contribution in [0, 0.1) is 0 Å². The molecule has 1 aliphatic heterocycles. The fraction of sp³-hybridized carbons (Fsp3) is 0.435. The second-order valence-electron chi connectivity index (χ2n) is 7.19. The number of benzene rings is 2. The van der Waals surface area contributed by atoms with Crippen molar-refractivity contribution in [2.75, 3.05) is 26.7 Å². The molecule has 2 aromatic carbocycles. The van der Waals surface area contributed by atoms with Crippen LogP contribution in [0.5, 0.6) is 5.75 Å². The molecular weight excluding hydrogens is 358 g/mol. The van der Waals surface area contributed by atoms with Crippen molar-refractivity contribution in [1.29, 1.82) is 0 Å². The fourth-order valence-corrected chi connectivity index (χ4v) is 3.77. The molecule has 2 aromatic rings. The molecular formula is C23H30ClNO2. The van der Waals surface area contributed by atoms with Gasteiger partial charge in [0.15, 0.2) is 0 Å². The van der Waals surface area contributed by atoms with Gasteiger partial charge in [-0.1, -0.05) is 42.5 Å². The fourth-order valence-electron chi connectivity index (χ4n) is 3.77. The summed E-state index contributed by atoms with van der Waals surface area (Å²) < 4.78 is 5.15. The zero-order valence-corrected chi connectivity index (χ0v) is 16.9. The topological polar surface area (TPSA) is 29.5 Å². The maximum atomic E-state index is 12.2. The number of carbonyl (C=O) groups is 1. The van der Waals surface area contributed by atoms with Crippen LogP contribution in [0.15, 0.2) is 54.6 Å². The van der Waals surface area contributed by atoms with Gasteiger partial charge < -0.3 is 9.64 Å². The van der Waals surface area contributed by atoms with Crippen molar-refractivity contribution in [3.8, 4) is 5.75 Å². The summed E-state index contributed by atoms with van der Waals surface area (Å²) in [6, 6.07) is 18.6. The molecule has 4 heteroatoms. The summed E-state index contributed by atoms with van der Waals surface area (Å²) in [5.41, 5.74) is 2.54. The summed E-state index contributed by atoms with van der Waals surface area (Å²) in [7, 11) is 1.66. The average molecular weight is 388 g/mol. The molecule has 0 unspecified atom stereocenters. The highest BCUT2D eigenvalue weighted by molar-refractivity contribution is 5.85. The van der Waals surface area contributed by atoms with E-state index in [0.29, 0.717) is 24.5 Å². The Morgan fingerprint density at radius 1 is 1.04 bits per heavy atom. The monoisotopic (exact) mass is 387 g/mol. The number of nitrogens with zero attached hydrogens (tertiary/aromatic N) is 1. The van der Waals surface area contributed by atoms with Gasteiger partial charge in [-0.25, -0.2) is 0 Å². The molecule has 1 fully saturated rings. The van der Waals surface area contributed by atoms with E-state index >= 15 is 0 Å². The second-order valence-corrected chi connectivity index (χ2v) is 7.19. The van der Waals surface area contributed by atoms with Gasteiger partial charge in [0.2, 0.25) is 0 Å². The Hall–Kier alpha value is -1.84. The third-order valence-electron chi connectivity index (χ3n) is 5.35. The number of piperidine rings is 1. The molecule has 0 amide bonds. The van der Waals surface area contributed by atoms with Gasteiger partial charge in [-0.3, -0.25) is 4.79 Å². The minimum atomic E-state index is 0. The molecule has 1 saturated heterocycles. The lowest BCUT2D eigenvalue weighted by Gasteiger charge is -2.32. The van der Waals surface area contributed by atoms with Crippen molar-refractivity contribution < 1.29 is 9.53 Å². The Bertz CT molecular complexity index is 679. The maximum absolute atomic E-state index is 12.2. The quantitative estimate of drug-likeness (QED) is 0.645. The van der Waals surface area contributed by atoms with Crippen LogP contribution in [0.1, 0.15) is 42.7 Å². The summed E-state index contributed by atoms with van der Waals surface area (Å²) in [6.07, 6.45) is 4.61. The molecule has 0 saturated carbocycles. The van der Waals surface area contributed by atoms with E-state index in [1.807, 2.05) is 24.3 Å². The minimum absolute atomic E-state index is 0. The smallest absolute Gasteiger partial charge is 0.137 e. The Kier molecular flexibility index (Phi) is 8.83. The van der Waals surface area contributed by atoms with E-state index in [0.717, 1.165) is 37.4 Å². The molecule has 27 heavy (non-hydrogen) atoms. The summed E-state index contributed by atoms with van der Waals surface area (Å²) in [4.78, 5) is 14.7. The molecule has 0 N–H and O–H groups in total. The van der Waals surface area contributed by atoms with Gasteiger partial charge in [-0.05, 0) is 68.1 Å². The first kappa shape index (κ1) is 21.5. The lowest BCUT2D eigenvalue weighted by Crippen LogP contribution is -2.33. The highest BCUT2D eigenvalue weighted by atomic mass is 35.5. The molecule has 0 bridgehead atoms. The Balaban J connectivity index is 0.00000261.